The third kappa shape index (κ3) is 7.21. The van der Waals surface area contributed by atoms with Crippen LogP contribution in [0.25, 0.3) is 0 Å². The van der Waals surface area contributed by atoms with Gasteiger partial charge in [-0.3, -0.25) is 4.79 Å². The summed E-state index contributed by atoms with van der Waals surface area (Å²) in [6.45, 7) is 11.2. The molecule has 0 aliphatic carbocycles. The van der Waals surface area contributed by atoms with Crippen LogP contribution >= 0.6 is 0 Å². The molecule has 1 heterocycles. The maximum Gasteiger partial charge on any atom is 0.253 e. The fourth-order valence-corrected chi connectivity index (χ4v) is 3.64. The van der Waals surface area contributed by atoms with E-state index in [-0.39, 0.29) is 5.91 Å². The molecule has 158 valence electrons. The molecule has 0 unspecified atom stereocenters. The van der Waals surface area contributed by atoms with Crippen LogP contribution in [-0.4, -0.2) is 34.6 Å². The van der Waals surface area contributed by atoms with Gasteiger partial charge < -0.3 is 14.7 Å². The fraction of sp³-hybridized carbons (Fsp3) is 0.480. The first-order valence-electron chi connectivity index (χ1n) is 10.7. The Morgan fingerprint density at radius 3 is 1.97 bits per heavy atom. The number of carbonyl (C=O) groups excluding carboxylic acids is 1. The Bertz CT molecular complexity index is 752. The predicted molar refractivity (Wildman–Crippen MR) is 119 cm³/mol. The number of amides is 1. The third-order valence-corrected chi connectivity index (χ3v) is 5.05. The van der Waals surface area contributed by atoms with E-state index in [4.69, 9.17) is 4.74 Å². The highest BCUT2D eigenvalue weighted by Gasteiger charge is 2.27. The first kappa shape index (κ1) is 23.0. The van der Waals surface area contributed by atoms with Crippen molar-refractivity contribution in [1.82, 2.24) is 4.90 Å². The lowest BCUT2D eigenvalue weighted by molar-refractivity contribution is 0.0358. The van der Waals surface area contributed by atoms with Crippen molar-refractivity contribution in [1.29, 1.82) is 0 Å². The smallest absolute Gasteiger partial charge is 0.253 e. The van der Waals surface area contributed by atoms with Crippen molar-refractivity contribution in [3.05, 3.63) is 59.7 Å². The topological polar surface area (TPSA) is 49.8 Å². The Hall–Kier alpha value is -2.33. The maximum absolute atomic E-state index is 12.7. The number of hydrogen-bond donors (Lipinski definition) is 1. The summed E-state index contributed by atoms with van der Waals surface area (Å²) in [6.07, 6.45) is 2.69. The molecule has 2 aromatic rings. The average Bonchev–Trinajstić information content (AvgIpc) is 2.71. The molecule has 0 radical (unpaired) electrons. The number of hydrogen-bond acceptors (Lipinski definition) is 3. The van der Waals surface area contributed by atoms with Crippen LogP contribution in [0.2, 0.25) is 0 Å². The summed E-state index contributed by atoms with van der Waals surface area (Å²) in [4.78, 5) is 14.6. The molecule has 1 fully saturated rings. The Labute approximate surface area is 175 Å². The lowest BCUT2D eigenvalue weighted by atomic mass is 9.86. The van der Waals surface area contributed by atoms with E-state index < -0.39 is 5.60 Å². The SMILES string of the molecule is CC.Cc1ccc(Oc2ccc(C(=O)N3CCC(CC(C)(C)O)CC3)cc2)cc1. The Morgan fingerprint density at radius 1 is 1.00 bits per heavy atom. The molecule has 1 aliphatic rings. The highest BCUT2D eigenvalue weighted by molar-refractivity contribution is 5.94. The third-order valence-electron chi connectivity index (χ3n) is 5.05. The van der Waals surface area contributed by atoms with Crippen molar-refractivity contribution < 1.29 is 14.6 Å². The van der Waals surface area contributed by atoms with E-state index in [1.807, 2.05) is 88.0 Å². The number of ether oxygens (including phenoxy) is 1. The quantitative estimate of drug-likeness (QED) is 0.691. The number of aryl methyl sites for hydroxylation is 1. The van der Waals surface area contributed by atoms with E-state index in [1.165, 1.54) is 5.56 Å². The van der Waals surface area contributed by atoms with Crippen molar-refractivity contribution in [2.24, 2.45) is 5.92 Å². The second-order valence-corrected chi connectivity index (χ2v) is 8.19. The molecular weight excluding hydrogens is 362 g/mol. The van der Waals surface area contributed by atoms with Crippen molar-refractivity contribution in [3.63, 3.8) is 0 Å². The van der Waals surface area contributed by atoms with E-state index in [1.54, 1.807) is 0 Å². The first-order chi connectivity index (χ1) is 13.8. The Balaban J connectivity index is 0.00000145. The summed E-state index contributed by atoms with van der Waals surface area (Å²) in [6, 6.07) is 15.2. The van der Waals surface area contributed by atoms with E-state index in [0.29, 0.717) is 11.5 Å². The van der Waals surface area contributed by atoms with E-state index in [0.717, 1.165) is 43.9 Å². The van der Waals surface area contributed by atoms with Crippen LogP contribution in [0, 0.1) is 12.8 Å². The van der Waals surface area contributed by atoms with Gasteiger partial charge in [-0.05, 0) is 82.3 Å². The van der Waals surface area contributed by atoms with Crippen LogP contribution in [-0.2, 0) is 0 Å². The molecule has 0 aromatic heterocycles. The second kappa shape index (κ2) is 10.4. The maximum atomic E-state index is 12.7. The van der Waals surface area contributed by atoms with Gasteiger partial charge in [-0.2, -0.15) is 0 Å². The average molecular weight is 398 g/mol. The number of likely N-dealkylation sites (tertiary alicyclic amines) is 1. The molecule has 1 N–H and O–H groups in total. The predicted octanol–water partition coefficient (Wildman–Crippen LogP) is 5.83. The van der Waals surface area contributed by atoms with Crippen LogP contribution in [0.4, 0.5) is 0 Å². The Kier molecular flexibility index (Phi) is 8.27. The van der Waals surface area contributed by atoms with E-state index >= 15 is 0 Å². The minimum Gasteiger partial charge on any atom is -0.457 e. The molecule has 0 saturated carbocycles. The van der Waals surface area contributed by atoms with E-state index in [9.17, 15) is 9.90 Å². The number of aliphatic hydroxyl groups is 1. The number of benzene rings is 2. The van der Waals surface area contributed by atoms with Gasteiger partial charge in [0.1, 0.15) is 11.5 Å². The van der Waals surface area contributed by atoms with Gasteiger partial charge in [-0.15, -0.1) is 0 Å². The van der Waals surface area contributed by atoms with Crippen LogP contribution in [0.15, 0.2) is 48.5 Å². The molecule has 2 aromatic carbocycles. The lowest BCUT2D eigenvalue weighted by Crippen LogP contribution is -2.40. The monoisotopic (exact) mass is 397 g/mol. The van der Waals surface area contributed by atoms with Gasteiger partial charge in [0.15, 0.2) is 0 Å². The summed E-state index contributed by atoms with van der Waals surface area (Å²) in [5, 5.41) is 9.98. The van der Waals surface area contributed by atoms with Gasteiger partial charge >= 0.3 is 0 Å². The first-order valence-corrected chi connectivity index (χ1v) is 10.7. The largest absolute Gasteiger partial charge is 0.457 e. The molecule has 1 amide bonds. The van der Waals surface area contributed by atoms with Gasteiger partial charge in [0.25, 0.3) is 5.91 Å². The molecule has 0 spiro atoms. The molecule has 1 aliphatic heterocycles. The van der Waals surface area contributed by atoms with Crippen molar-refractivity contribution in [2.75, 3.05) is 13.1 Å². The van der Waals surface area contributed by atoms with Gasteiger partial charge in [-0.1, -0.05) is 31.5 Å². The Morgan fingerprint density at radius 2 is 1.48 bits per heavy atom. The molecular formula is C25H35NO3. The van der Waals surface area contributed by atoms with Gasteiger partial charge in [0, 0.05) is 18.7 Å². The summed E-state index contributed by atoms with van der Waals surface area (Å²) in [5.74, 6) is 2.06. The molecule has 4 heteroatoms. The summed E-state index contributed by atoms with van der Waals surface area (Å²) >= 11 is 0. The summed E-state index contributed by atoms with van der Waals surface area (Å²) in [5.41, 5.74) is 1.24. The zero-order valence-electron chi connectivity index (χ0n) is 18.4. The number of piperidine rings is 1. The number of carbonyl (C=O) groups is 1. The normalized spacial score (nSPS) is 14.8. The van der Waals surface area contributed by atoms with Crippen LogP contribution in [0.3, 0.4) is 0 Å². The molecule has 4 nitrogen and oxygen atoms in total. The van der Waals surface area contributed by atoms with Gasteiger partial charge in [0.05, 0.1) is 5.60 Å². The number of rotatable bonds is 5. The molecule has 3 rings (SSSR count). The molecule has 29 heavy (non-hydrogen) atoms. The standard InChI is InChI=1S/C23H29NO3.C2H6/c1-17-4-8-20(9-5-17)27-21-10-6-19(7-11-21)22(25)24-14-12-18(13-15-24)16-23(2,3)26;1-2/h4-11,18,26H,12-16H2,1-3H3;1-2H3. The second-order valence-electron chi connectivity index (χ2n) is 8.19. The molecule has 1 saturated heterocycles. The summed E-state index contributed by atoms with van der Waals surface area (Å²) in [7, 11) is 0. The minimum atomic E-state index is -0.635. The van der Waals surface area contributed by atoms with E-state index in [2.05, 4.69) is 0 Å². The highest BCUT2D eigenvalue weighted by Crippen LogP contribution is 2.27. The van der Waals surface area contributed by atoms with Gasteiger partial charge in [0.2, 0.25) is 0 Å². The van der Waals surface area contributed by atoms with Gasteiger partial charge in [-0.25, -0.2) is 0 Å². The molecule has 0 bridgehead atoms. The summed E-state index contributed by atoms with van der Waals surface area (Å²) < 4.78 is 5.83. The minimum absolute atomic E-state index is 0.0681. The highest BCUT2D eigenvalue weighted by atomic mass is 16.5. The lowest BCUT2D eigenvalue weighted by Gasteiger charge is -2.34. The number of nitrogens with zero attached hydrogens (tertiary/aromatic N) is 1. The fourth-order valence-electron chi connectivity index (χ4n) is 3.64. The van der Waals surface area contributed by atoms with Crippen LogP contribution in [0.1, 0.15) is 62.9 Å². The van der Waals surface area contributed by atoms with Crippen LogP contribution < -0.4 is 4.74 Å². The van der Waals surface area contributed by atoms with Crippen LogP contribution in [0.5, 0.6) is 11.5 Å². The molecule has 0 atom stereocenters. The van der Waals surface area contributed by atoms with Crippen molar-refractivity contribution in [3.8, 4) is 11.5 Å². The zero-order valence-corrected chi connectivity index (χ0v) is 18.4. The van der Waals surface area contributed by atoms with Crippen molar-refractivity contribution >= 4 is 5.91 Å². The van der Waals surface area contributed by atoms with Crippen molar-refractivity contribution in [2.45, 2.75) is 59.5 Å². The zero-order chi connectivity index (χ0) is 21.4.